The first-order valence-electron chi connectivity index (χ1n) is 8.40. The first kappa shape index (κ1) is 16.3. The summed E-state index contributed by atoms with van der Waals surface area (Å²) in [4.78, 5) is 26.5. The molecule has 25 heavy (non-hydrogen) atoms. The number of carbonyl (C=O) groups excluding carboxylic acids is 2. The molecule has 0 N–H and O–H groups in total. The topological polar surface area (TPSA) is 46.6 Å². The number of nitrogens with zero attached hydrogens (tertiary/aromatic N) is 1. The summed E-state index contributed by atoms with van der Waals surface area (Å²) < 4.78 is 6.50. The Bertz CT molecular complexity index is 805. The van der Waals surface area contributed by atoms with Crippen molar-refractivity contribution in [1.29, 1.82) is 0 Å². The van der Waals surface area contributed by atoms with Crippen LogP contribution in [0.25, 0.3) is 0 Å². The van der Waals surface area contributed by atoms with Crippen molar-refractivity contribution in [2.24, 2.45) is 5.92 Å². The van der Waals surface area contributed by atoms with Crippen molar-refractivity contribution < 1.29 is 14.3 Å². The van der Waals surface area contributed by atoms with Gasteiger partial charge in [0.05, 0.1) is 6.04 Å². The summed E-state index contributed by atoms with van der Waals surface area (Å²) in [7, 11) is 0. The molecule has 128 valence electrons. The summed E-state index contributed by atoms with van der Waals surface area (Å²) in [5, 5.41) is 0. The molecule has 2 aliphatic rings. The van der Waals surface area contributed by atoms with Gasteiger partial charge in [-0.25, -0.2) is 9.69 Å². The van der Waals surface area contributed by atoms with Crippen molar-refractivity contribution in [2.75, 3.05) is 0 Å². The molecule has 1 saturated carbocycles. The third kappa shape index (κ3) is 2.97. The molecule has 2 aromatic carbocycles. The van der Waals surface area contributed by atoms with E-state index in [1.807, 2.05) is 61.5 Å². The third-order valence-electron chi connectivity index (χ3n) is 5.04. The number of carbonyl (C=O) groups is 2. The molecule has 4 unspecified atom stereocenters. The Morgan fingerprint density at radius 3 is 2.44 bits per heavy atom. The minimum Gasteiger partial charge on any atom is -0.439 e. The molecular weight excluding hydrogens is 382 g/mol. The van der Waals surface area contributed by atoms with Crippen LogP contribution in [0.1, 0.15) is 36.5 Å². The normalized spacial score (nSPS) is 27.9. The van der Waals surface area contributed by atoms with Crippen LogP contribution < -0.4 is 0 Å². The zero-order valence-corrected chi connectivity index (χ0v) is 15.3. The van der Waals surface area contributed by atoms with Crippen LogP contribution in [-0.4, -0.2) is 22.9 Å². The van der Waals surface area contributed by atoms with Crippen molar-refractivity contribution in [3.63, 3.8) is 0 Å². The molecule has 4 rings (SSSR count). The SMILES string of the molecule is CC1C(c2ccccc2)OC(=O)N1C(=O)C1CC1c1ccc(Br)cc1. The predicted octanol–water partition coefficient (Wildman–Crippen LogP) is 4.66. The number of rotatable bonds is 3. The second kappa shape index (κ2) is 6.30. The highest BCUT2D eigenvalue weighted by atomic mass is 79.9. The Balaban J connectivity index is 1.49. The van der Waals surface area contributed by atoms with E-state index < -0.39 is 12.2 Å². The zero-order chi connectivity index (χ0) is 17.6. The molecule has 0 spiro atoms. The van der Waals surface area contributed by atoms with Crippen molar-refractivity contribution >= 4 is 27.9 Å². The van der Waals surface area contributed by atoms with E-state index in [2.05, 4.69) is 15.9 Å². The molecular formula is C20H18BrNO3. The Hall–Kier alpha value is -2.14. The Morgan fingerprint density at radius 2 is 1.76 bits per heavy atom. The summed E-state index contributed by atoms with van der Waals surface area (Å²) in [6.45, 7) is 1.87. The highest BCUT2D eigenvalue weighted by molar-refractivity contribution is 9.10. The fraction of sp³-hybridized carbons (Fsp3) is 0.300. The van der Waals surface area contributed by atoms with Crippen LogP contribution in [0, 0.1) is 5.92 Å². The first-order valence-corrected chi connectivity index (χ1v) is 9.19. The van der Waals surface area contributed by atoms with Crippen LogP contribution in [0.5, 0.6) is 0 Å². The van der Waals surface area contributed by atoms with Gasteiger partial charge in [0, 0.05) is 10.4 Å². The largest absolute Gasteiger partial charge is 0.439 e. The molecule has 1 heterocycles. The molecule has 5 heteroatoms. The van der Waals surface area contributed by atoms with Gasteiger partial charge in [-0.3, -0.25) is 4.79 Å². The maximum absolute atomic E-state index is 12.9. The molecule has 1 aliphatic carbocycles. The van der Waals surface area contributed by atoms with Gasteiger partial charge in [-0.2, -0.15) is 0 Å². The van der Waals surface area contributed by atoms with Gasteiger partial charge < -0.3 is 4.74 Å². The number of halogens is 1. The van der Waals surface area contributed by atoms with E-state index in [1.54, 1.807) is 0 Å². The van der Waals surface area contributed by atoms with Crippen molar-refractivity contribution in [3.05, 3.63) is 70.2 Å². The van der Waals surface area contributed by atoms with E-state index in [1.165, 1.54) is 4.90 Å². The van der Waals surface area contributed by atoms with Crippen LogP contribution in [-0.2, 0) is 9.53 Å². The molecule has 2 amide bonds. The highest BCUT2D eigenvalue weighted by Crippen LogP contribution is 2.50. The third-order valence-corrected chi connectivity index (χ3v) is 5.57. The second-order valence-electron chi connectivity index (χ2n) is 6.66. The van der Waals surface area contributed by atoms with Gasteiger partial charge in [0.1, 0.15) is 6.10 Å². The molecule has 0 bridgehead atoms. The second-order valence-corrected chi connectivity index (χ2v) is 7.58. The maximum Gasteiger partial charge on any atom is 0.417 e. The average molecular weight is 400 g/mol. The van der Waals surface area contributed by atoms with Crippen molar-refractivity contribution in [2.45, 2.75) is 31.4 Å². The van der Waals surface area contributed by atoms with Crippen LogP contribution in [0.2, 0.25) is 0 Å². The first-order chi connectivity index (χ1) is 12.1. The standard InChI is InChI=1S/C20H18BrNO3/c1-12-18(14-5-3-2-4-6-14)25-20(24)22(12)19(23)17-11-16(17)13-7-9-15(21)10-8-13/h2-10,12,16-18H,11H2,1H3. The van der Waals surface area contributed by atoms with E-state index in [9.17, 15) is 9.59 Å². The van der Waals surface area contributed by atoms with Gasteiger partial charge >= 0.3 is 6.09 Å². The Morgan fingerprint density at radius 1 is 1.08 bits per heavy atom. The summed E-state index contributed by atoms with van der Waals surface area (Å²) >= 11 is 3.42. The average Bonchev–Trinajstić information content (AvgIpc) is 3.36. The molecule has 0 radical (unpaired) electrons. The minimum atomic E-state index is -0.534. The molecule has 1 aliphatic heterocycles. The molecule has 0 aromatic heterocycles. The molecule has 2 aromatic rings. The van der Waals surface area contributed by atoms with Gasteiger partial charge in [-0.1, -0.05) is 58.4 Å². The summed E-state index contributed by atoms with van der Waals surface area (Å²) in [5.74, 6) is -0.0640. The lowest BCUT2D eigenvalue weighted by Crippen LogP contribution is -2.39. The number of imide groups is 1. The molecule has 4 atom stereocenters. The molecule has 4 nitrogen and oxygen atoms in total. The number of hydrogen-bond donors (Lipinski definition) is 0. The van der Waals surface area contributed by atoms with Crippen molar-refractivity contribution in [3.8, 4) is 0 Å². The Labute approximate surface area is 154 Å². The van der Waals surface area contributed by atoms with Crippen molar-refractivity contribution in [1.82, 2.24) is 4.90 Å². The van der Waals surface area contributed by atoms with Gasteiger partial charge in [-0.15, -0.1) is 0 Å². The van der Waals surface area contributed by atoms with Gasteiger partial charge in [-0.05, 0) is 42.5 Å². The summed E-state index contributed by atoms with van der Waals surface area (Å²) in [6.07, 6.45) is -0.150. The fourth-order valence-corrected chi connectivity index (χ4v) is 3.83. The molecule has 2 fully saturated rings. The maximum atomic E-state index is 12.9. The quantitative estimate of drug-likeness (QED) is 0.753. The van der Waals surface area contributed by atoms with Crippen LogP contribution in [0.15, 0.2) is 59.1 Å². The number of cyclic esters (lactones) is 1. The van der Waals surface area contributed by atoms with Crippen LogP contribution in [0.4, 0.5) is 4.79 Å². The van der Waals surface area contributed by atoms with E-state index in [4.69, 9.17) is 4.74 Å². The Kier molecular flexibility index (Phi) is 4.12. The number of ether oxygens (including phenoxy) is 1. The van der Waals surface area contributed by atoms with E-state index >= 15 is 0 Å². The van der Waals surface area contributed by atoms with E-state index in [0.29, 0.717) is 0 Å². The highest BCUT2D eigenvalue weighted by Gasteiger charge is 2.52. The van der Waals surface area contributed by atoms with Gasteiger partial charge in [0.15, 0.2) is 0 Å². The van der Waals surface area contributed by atoms with Crippen LogP contribution in [0.3, 0.4) is 0 Å². The van der Waals surface area contributed by atoms with E-state index in [0.717, 1.165) is 22.0 Å². The van der Waals surface area contributed by atoms with Crippen LogP contribution >= 0.6 is 15.9 Å². The number of benzene rings is 2. The van der Waals surface area contributed by atoms with Gasteiger partial charge in [0.2, 0.25) is 5.91 Å². The predicted molar refractivity (Wildman–Crippen MR) is 97.0 cm³/mol. The summed E-state index contributed by atoms with van der Waals surface area (Å²) in [5.41, 5.74) is 2.06. The minimum absolute atomic E-state index is 0.121. The number of amides is 2. The van der Waals surface area contributed by atoms with Gasteiger partial charge in [0.25, 0.3) is 0 Å². The molecule has 1 saturated heterocycles. The lowest BCUT2D eigenvalue weighted by atomic mass is 10.0. The number of hydrogen-bond acceptors (Lipinski definition) is 3. The summed E-state index contributed by atoms with van der Waals surface area (Å²) in [6, 6.07) is 17.3. The van der Waals surface area contributed by atoms with E-state index in [-0.39, 0.29) is 23.8 Å². The smallest absolute Gasteiger partial charge is 0.417 e. The zero-order valence-electron chi connectivity index (χ0n) is 13.8. The monoisotopic (exact) mass is 399 g/mol. The lowest BCUT2D eigenvalue weighted by molar-refractivity contribution is -0.130. The fourth-order valence-electron chi connectivity index (χ4n) is 3.57. The lowest BCUT2D eigenvalue weighted by Gasteiger charge is -2.19.